The monoisotopic (exact) mass is 578 g/mol. The van der Waals surface area contributed by atoms with E-state index in [-0.39, 0.29) is 16.7 Å². The Hall–Kier alpha value is -2.34. The lowest BCUT2D eigenvalue weighted by molar-refractivity contribution is -0.275. The molecule has 0 spiro atoms. The first-order valence-corrected chi connectivity index (χ1v) is 12.7. The predicted molar refractivity (Wildman–Crippen MR) is 103 cm³/mol. The molecule has 0 amide bonds. The van der Waals surface area contributed by atoms with Gasteiger partial charge in [-0.15, -0.1) is 38.1 Å². The quantitative estimate of drug-likeness (QED) is 0.310. The lowest BCUT2D eigenvalue weighted by atomic mass is 10.3. The topological polar surface area (TPSA) is 86.7 Å². The Morgan fingerprint density at radius 1 is 0.686 bits per heavy atom. The van der Waals surface area contributed by atoms with Crippen LogP contribution in [-0.4, -0.2) is 45.4 Å². The van der Waals surface area contributed by atoms with Crippen LogP contribution in [0.4, 0.5) is 39.5 Å². The van der Waals surface area contributed by atoms with E-state index in [2.05, 4.69) is 9.47 Å². The summed E-state index contributed by atoms with van der Waals surface area (Å²) in [5.74, 6) is -2.87. The van der Waals surface area contributed by atoms with Gasteiger partial charge in [-0.3, -0.25) is 0 Å². The third-order valence-corrected chi connectivity index (χ3v) is 10.2. The molecule has 0 radical (unpaired) electrons. The molecule has 2 aromatic carbocycles. The second-order valence-corrected chi connectivity index (χ2v) is 12.0. The van der Waals surface area contributed by atoms with Gasteiger partial charge >= 0.3 is 18.2 Å². The molecule has 0 aliphatic rings. The predicted octanol–water partition coefficient (Wildman–Crippen LogP) is 5.31. The molecule has 0 N–H and O–H groups in total. The summed E-state index contributed by atoms with van der Waals surface area (Å²) in [6.07, 6.45) is -10.2. The summed E-state index contributed by atoms with van der Waals surface area (Å²) in [4.78, 5) is -1.15. The summed E-state index contributed by atoms with van der Waals surface area (Å²) in [5, 5.41) is 0. The van der Waals surface area contributed by atoms with Crippen molar-refractivity contribution in [2.24, 2.45) is 0 Å². The fourth-order valence-electron chi connectivity index (χ4n) is 2.38. The molecule has 196 valence electrons. The average Bonchev–Trinajstić information content (AvgIpc) is 2.66. The zero-order valence-corrected chi connectivity index (χ0v) is 18.9. The van der Waals surface area contributed by atoms with Crippen molar-refractivity contribution in [1.29, 1.82) is 0 Å². The molecule has 0 aliphatic heterocycles. The highest BCUT2D eigenvalue weighted by Gasteiger charge is 2.55. The van der Waals surface area contributed by atoms with E-state index < -0.39 is 64.6 Å². The van der Waals surface area contributed by atoms with Gasteiger partial charge in [-0.05, 0) is 48.5 Å². The van der Waals surface area contributed by atoms with Crippen molar-refractivity contribution in [3.63, 3.8) is 0 Å². The van der Waals surface area contributed by atoms with E-state index in [4.69, 9.17) is 0 Å². The fourth-order valence-corrected chi connectivity index (χ4v) is 7.99. The largest absolute Gasteiger partial charge is 0.573 e. The minimum absolute atomic E-state index is 0.106. The zero-order chi connectivity index (χ0) is 26.9. The molecular formula is C17H11F9O6S3. The Balaban J connectivity index is 2.36. The van der Waals surface area contributed by atoms with Gasteiger partial charge in [-0.1, -0.05) is 0 Å². The van der Waals surface area contributed by atoms with Crippen molar-refractivity contribution < 1.29 is 65.8 Å². The maximum Gasteiger partial charge on any atom is 0.573 e. The number of hydrogen-bond acceptors (Lipinski definition) is 7. The highest BCUT2D eigenvalue weighted by molar-refractivity contribution is 8.11. The molecule has 18 heteroatoms. The van der Waals surface area contributed by atoms with Crippen LogP contribution in [0.25, 0.3) is 0 Å². The molecular weight excluding hydrogens is 567 g/mol. The summed E-state index contributed by atoms with van der Waals surface area (Å²) >= 11 is 0.262. The van der Waals surface area contributed by atoms with Crippen LogP contribution in [0.3, 0.4) is 0 Å². The number of alkyl halides is 9. The molecule has 0 saturated carbocycles. The Morgan fingerprint density at radius 2 is 1.09 bits per heavy atom. The van der Waals surface area contributed by atoms with Crippen LogP contribution >= 0.6 is 11.8 Å². The molecule has 1 unspecified atom stereocenters. The maximum absolute atomic E-state index is 13.2. The lowest BCUT2D eigenvalue weighted by Crippen LogP contribution is -2.41. The van der Waals surface area contributed by atoms with Gasteiger partial charge in [0.15, 0.2) is 14.4 Å². The van der Waals surface area contributed by atoms with Crippen molar-refractivity contribution in [3.05, 3.63) is 48.5 Å². The second kappa shape index (κ2) is 9.96. The molecule has 0 saturated heterocycles. The Morgan fingerprint density at radius 3 is 1.46 bits per heavy atom. The minimum Gasteiger partial charge on any atom is -0.406 e. The fraction of sp³-hybridized carbons (Fsp3) is 0.294. The SMILES string of the molecule is O=S(=O)(c1ccc(OC(F)(F)F)cc1)C(CSc1ccc(OC(F)(F)F)cc1)S(=O)(=O)C(F)(F)F. The zero-order valence-electron chi connectivity index (χ0n) is 16.5. The van der Waals surface area contributed by atoms with E-state index in [1.165, 1.54) is 0 Å². The molecule has 6 nitrogen and oxygen atoms in total. The van der Waals surface area contributed by atoms with Gasteiger partial charge in [0.1, 0.15) is 11.5 Å². The van der Waals surface area contributed by atoms with Crippen LogP contribution in [0.5, 0.6) is 11.5 Å². The van der Waals surface area contributed by atoms with Crippen LogP contribution < -0.4 is 9.47 Å². The first-order chi connectivity index (χ1) is 15.7. The van der Waals surface area contributed by atoms with Crippen LogP contribution in [0, 0.1) is 0 Å². The van der Waals surface area contributed by atoms with E-state index in [1.54, 1.807) is 0 Å². The highest BCUT2D eigenvalue weighted by atomic mass is 32.3. The van der Waals surface area contributed by atoms with Crippen LogP contribution in [0.1, 0.15) is 0 Å². The molecule has 2 rings (SSSR count). The molecule has 0 aliphatic carbocycles. The molecule has 0 bridgehead atoms. The Bertz CT molecular complexity index is 1220. The average molecular weight is 578 g/mol. The van der Waals surface area contributed by atoms with E-state index >= 15 is 0 Å². The summed E-state index contributed by atoms with van der Waals surface area (Å²) in [5.41, 5.74) is -6.02. The van der Waals surface area contributed by atoms with E-state index in [0.29, 0.717) is 24.3 Å². The molecule has 35 heavy (non-hydrogen) atoms. The molecule has 2 aromatic rings. The smallest absolute Gasteiger partial charge is 0.406 e. The lowest BCUT2D eigenvalue weighted by Gasteiger charge is -2.20. The summed E-state index contributed by atoms with van der Waals surface area (Å²) in [6.45, 7) is 0. The Kier molecular flexibility index (Phi) is 8.22. The van der Waals surface area contributed by atoms with Crippen molar-refractivity contribution >= 4 is 31.4 Å². The maximum atomic E-state index is 13.2. The number of halogens is 9. The standard InChI is InChI=1S/C17H11F9O6S3/c18-15(19,20)31-10-1-5-12(6-2-10)33-9-14(35(29,30)17(24,25)26)34(27,28)13-7-3-11(4-8-13)32-16(21,22)23/h1-8,14H,9H2. The van der Waals surface area contributed by atoms with E-state index in [9.17, 15) is 56.3 Å². The third kappa shape index (κ3) is 7.83. The van der Waals surface area contributed by atoms with Gasteiger partial charge in [-0.25, -0.2) is 16.8 Å². The van der Waals surface area contributed by atoms with Gasteiger partial charge in [0.25, 0.3) is 9.84 Å². The number of benzene rings is 2. The number of thioether (sulfide) groups is 1. The van der Waals surface area contributed by atoms with Gasteiger partial charge in [0.05, 0.1) is 4.90 Å². The van der Waals surface area contributed by atoms with Crippen molar-refractivity contribution in [3.8, 4) is 11.5 Å². The van der Waals surface area contributed by atoms with Crippen molar-refractivity contribution in [2.45, 2.75) is 32.6 Å². The van der Waals surface area contributed by atoms with Gasteiger partial charge in [0, 0.05) is 10.6 Å². The first-order valence-electron chi connectivity index (χ1n) is 8.61. The Labute approximate surface area is 195 Å². The highest BCUT2D eigenvalue weighted by Crippen LogP contribution is 2.36. The minimum atomic E-state index is -6.38. The summed E-state index contributed by atoms with van der Waals surface area (Å²) in [6, 6.07) is 5.15. The summed E-state index contributed by atoms with van der Waals surface area (Å²) < 4.78 is 166. The van der Waals surface area contributed by atoms with Crippen molar-refractivity contribution in [2.75, 3.05) is 5.75 Å². The van der Waals surface area contributed by atoms with Crippen LogP contribution in [0.2, 0.25) is 0 Å². The van der Waals surface area contributed by atoms with Crippen LogP contribution in [0.15, 0.2) is 58.3 Å². The first kappa shape index (κ1) is 28.9. The number of rotatable bonds is 8. The summed E-state index contributed by atoms with van der Waals surface area (Å²) in [7, 11) is -11.7. The van der Waals surface area contributed by atoms with Crippen LogP contribution in [-0.2, 0) is 19.7 Å². The molecule has 0 heterocycles. The third-order valence-electron chi connectivity index (χ3n) is 3.84. The van der Waals surface area contributed by atoms with E-state index in [0.717, 1.165) is 24.3 Å². The molecule has 1 atom stereocenters. The van der Waals surface area contributed by atoms with Crippen molar-refractivity contribution in [1.82, 2.24) is 0 Å². The van der Waals surface area contributed by atoms with Gasteiger partial charge in [-0.2, -0.15) is 13.2 Å². The normalized spacial score (nSPS) is 14.4. The molecule has 0 fully saturated rings. The van der Waals surface area contributed by atoms with Gasteiger partial charge < -0.3 is 9.47 Å². The number of sulfone groups is 2. The number of ether oxygens (including phenoxy) is 2. The van der Waals surface area contributed by atoms with Gasteiger partial charge in [0.2, 0.25) is 0 Å². The number of hydrogen-bond donors (Lipinski definition) is 0. The second-order valence-electron chi connectivity index (χ2n) is 6.31. The molecule has 0 aromatic heterocycles. The van der Waals surface area contributed by atoms with E-state index in [1.807, 2.05) is 0 Å².